The first-order valence-corrected chi connectivity index (χ1v) is 11.6. The summed E-state index contributed by atoms with van der Waals surface area (Å²) >= 11 is 0. The second-order valence-electron chi connectivity index (χ2n) is 8.63. The molecule has 3 aromatic rings. The second kappa shape index (κ2) is 10.9. The van der Waals surface area contributed by atoms with Crippen LogP contribution in [0.25, 0.3) is 11.1 Å². The summed E-state index contributed by atoms with van der Waals surface area (Å²) in [6.45, 7) is 1.90. The molecule has 0 heterocycles. The van der Waals surface area contributed by atoms with Crippen molar-refractivity contribution in [2.24, 2.45) is 5.92 Å². The molecule has 35 heavy (non-hydrogen) atoms. The number of hydrogen-bond acceptors (Lipinski definition) is 4. The van der Waals surface area contributed by atoms with Crippen LogP contribution in [0.5, 0.6) is 0 Å². The lowest BCUT2D eigenvalue weighted by molar-refractivity contribution is -0.141. The third-order valence-corrected chi connectivity index (χ3v) is 6.30. The molecule has 1 unspecified atom stereocenters. The maximum Gasteiger partial charge on any atom is 0.408 e. The fraction of sp³-hybridized carbons (Fsp3) is 0.250. The fourth-order valence-electron chi connectivity index (χ4n) is 4.34. The standard InChI is InChI=1S/C28H28N2O5/c1-18(27(32)33)15-16-29-26(31)25(19-9-3-2-4-10-19)30-28(34)35-17-24-22-13-7-5-11-20(22)21-12-6-8-14-23(21)24/h2-14,18,24-25H,15-17H2,1H3,(H,29,31)(H,30,34)(H,32,33)/t18?,25-/m0/s1. The lowest BCUT2D eigenvalue weighted by atomic mass is 9.98. The molecule has 7 nitrogen and oxygen atoms in total. The molecular weight excluding hydrogens is 444 g/mol. The summed E-state index contributed by atoms with van der Waals surface area (Å²) in [6, 6.07) is 24.0. The van der Waals surface area contributed by atoms with Gasteiger partial charge in [-0.05, 0) is 34.2 Å². The SMILES string of the molecule is CC(CCNC(=O)[C@@H](NC(=O)OCC1c2ccccc2-c2ccccc21)c1ccccc1)C(=O)O. The van der Waals surface area contributed by atoms with Crippen LogP contribution >= 0.6 is 0 Å². The largest absolute Gasteiger partial charge is 0.481 e. The molecule has 0 fully saturated rings. The van der Waals surface area contributed by atoms with Gasteiger partial charge in [-0.3, -0.25) is 9.59 Å². The molecule has 3 N–H and O–H groups in total. The number of carboxylic acid groups (broad SMARTS) is 1. The second-order valence-corrected chi connectivity index (χ2v) is 8.63. The predicted molar refractivity (Wildman–Crippen MR) is 132 cm³/mol. The maximum absolute atomic E-state index is 12.9. The molecule has 0 bridgehead atoms. The Morgan fingerprint density at radius 2 is 1.46 bits per heavy atom. The van der Waals surface area contributed by atoms with Crippen molar-refractivity contribution in [2.45, 2.75) is 25.3 Å². The van der Waals surface area contributed by atoms with Crippen LogP contribution < -0.4 is 10.6 Å². The first-order chi connectivity index (χ1) is 17.0. The molecule has 2 atom stereocenters. The number of carbonyl (C=O) groups is 3. The summed E-state index contributed by atoms with van der Waals surface area (Å²) in [7, 11) is 0. The van der Waals surface area contributed by atoms with Gasteiger partial charge in [0.25, 0.3) is 0 Å². The van der Waals surface area contributed by atoms with Crippen LogP contribution in [0.4, 0.5) is 4.79 Å². The van der Waals surface area contributed by atoms with Crippen molar-refractivity contribution < 1.29 is 24.2 Å². The normalized spacial score (nSPS) is 13.7. The maximum atomic E-state index is 12.9. The van der Waals surface area contributed by atoms with Crippen molar-refractivity contribution in [3.05, 3.63) is 95.6 Å². The van der Waals surface area contributed by atoms with E-state index >= 15 is 0 Å². The van der Waals surface area contributed by atoms with Crippen molar-refractivity contribution in [3.63, 3.8) is 0 Å². The van der Waals surface area contributed by atoms with E-state index in [0.717, 1.165) is 22.3 Å². The number of rotatable bonds is 9. The van der Waals surface area contributed by atoms with E-state index in [1.165, 1.54) is 0 Å². The first kappa shape index (κ1) is 24.0. The topological polar surface area (TPSA) is 105 Å². The zero-order valence-corrected chi connectivity index (χ0v) is 19.4. The first-order valence-electron chi connectivity index (χ1n) is 11.6. The summed E-state index contributed by atoms with van der Waals surface area (Å²) < 4.78 is 5.61. The highest BCUT2D eigenvalue weighted by Gasteiger charge is 2.30. The molecule has 180 valence electrons. The number of hydrogen-bond donors (Lipinski definition) is 3. The van der Waals surface area contributed by atoms with E-state index in [1.807, 2.05) is 42.5 Å². The van der Waals surface area contributed by atoms with Crippen LogP contribution in [-0.4, -0.2) is 36.2 Å². The lowest BCUT2D eigenvalue weighted by Crippen LogP contribution is -2.41. The number of ether oxygens (including phenoxy) is 1. The minimum absolute atomic E-state index is 0.0883. The Kier molecular flexibility index (Phi) is 7.45. The molecule has 2 amide bonds. The molecule has 0 aromatic heterocycles. The molecule has 0 aliphatic heterocycles. The molecular formula is C28H28N2O5. The number of nitrogens with one attached hydrogen (secondary N) is 2. The zero-order valence-electron chi connectivity index (χ0n) is 19.4. The lowest BCUT2D eigenvalue weighted by Gasteiger charge is -2.20. The Morgan fingerprint density at radius 3 is 2.06 bits per heavy atom. The zero-order chi connectivity index (χ0) is 24.8. The van der Waals surface area contributed by atoms with Gasteiger partial charge in [0.2, 0.25) is 5.91 Å². The van der Waals surface area contributed by atoms with Crippen molar-refractivity contribution >= 4 is 18.0 Å². The average Bonchev–Trinajstić information content (AvgIpc) is 3.20. The van der Waals surface area contributed by atoms with Gasteiger partial charge >= 0.3 is 12.1 Å². The highest BCUT2D eigenvalue weighted by molar-refractivity contribution is 5.87. The van der Waals surface area contributed by atoms with Crippen molar-refractivity contribution in [3.8, 4) is 11.1 Å². The summed E-state index contributed by atoms with van der Waals surface area (Å²) in [5.74, 6) is -2.02. The smallest absolute Gasteiger partial charge is 0.408 e. The summed E-state index contributed by atoms with van der Waals surface area (Å²) in [6.07, 6.45) is -0.414. The van der Waals surface area contributed by atoms with E-state index in [9.17, 15) is 14.4 Å². The van der Waals surface area contributed by atoms with E-state index in [1.54, 1.807) is 31.2 Å². The third kappa shape index (κ3) is 5.51. The third-order valence-electron chi connectivity index (χ3n) is 6.30. The molecule has 0 radical (unpaired) electrons. The highest BCUT2D eigenvalue weighted by atomic mass is 16.5. The van der Waals surface area contributed by atoms with Gasteiger partial charge in [-0.25, -0.2) is 4.79 Å². The number of carboxylic acids is 1. The molecule has 4 rings (SSSR count). The number of aliphatic carboxylic acids is 1. The monoisotopic (exact) mass is 472 g/mol. The highest BCUT2D eigenvalue weighted by Crippen LogP contribution is 2.44. The number of amides is 2. The van der Waals surface area contributed by atoms with E-state index in [0.29, 0.717) is 5.56 Å². The molecule has 1 aliphatic carbocycles. The van der Waals surface area contributed by atoms with Crippen molar-refractivity contribution in [1.29, 1.82) is 0 Å². The number of carbonyl (C=O) groups excluding carboxylic acids is 2. The number of fused-ring (bicyclic) bond motifs is 3. The van der Waals surface area contributed by atoms with E-state index in [4.69, 9.17) is 9.84 Å². The Hall–Kier alpha value is -4.13. The van der Waals surface area contributed by atoms with Gasteiger partial charge in [0, 0.05) is 12.5 Å². The quantitative estimate of drug-likeness (QED) is 0.426. The van der Waals surface area contributed by atoms with E-state index in [-0.39, 0.29) is 25.5 Å². The van der Waals surface area contributed by atoms with Crippen molar-refractivity contribution in [1.82, 2.24) is 10.6 Å². The van der Waals surface area contributed by atoms with Crippen LogP contribution in [0.15, 0.2) is 78.9 Å². The molecule has 3 aromatic carbocycles. The minimum Gasteiger partial charge on any atom is -0.481 e. The van der Waals surface area contributed by atoms with Crippen LogP contribution in [0, 0.1) is 5.92 Å². The van der Waals surface area contributed by atoms with Gasteiger partial charge in [0.1, 0.15) is 12.6 Å². The Labute approximate surface area is 204 Å². The molecule has 7 heteroatoms. The van der Waals surface area contributed by atoms with Gasteiger partial charge in [-0.15, -0.1) is 0 Å². The van der Waals surface area contributed by atoms with E-state index in [2.05, 4.69) is 22.8 Å². The summed E-state index contributed by atoms with van der Waals surface area (Å²) in [5.41, 5.74) is 5.08. The predicted octanol–water partition coefficient (Wildman–Crippen LogP) is 4.49. The fourth-order valence-corrected chi connectivity index (χ4v) is 4.34. The van der Waals surface area contributed by atoms with Gasteiger partial charge in [0.05, 0.1) is 5.92 Å². The van der Waals surface area contributed by atoms with Gasteiger partial charge in [-0.1, -0.05) is 85.8 Å². The van der Waals surface area contributed by atoms with Crippen molar-refractivity contribution in [2.75, 3.05) is 13.2 Å². The Morgan fingerprint density at radius 1 is 0.886 bits per heavy atom. The summed E-state index contributed by atoms with van der Waals surface area (Å²) in [4.78, 5) is 36.7. The minimum atomic E-state index is -0.966. The Bertz CT molecular complexity index is 1170. The van der Waals surface area contributed by atoms with Crippen LogP contribution in [0.2, 0.25) is 0 Å². The van der Waals surface area contributed by atoms with Crippen LogP contribution in [0.1, 0.15) is 42.0 Å². The van der Waals surface area contributed by atoms with Gasteiger partial charge in [0.15, 0.2) is 0 Å². The van der Waals surface area contributed by atoms with Crippen LogP contribution in [-0.2, 0) is 14.3 Å². The Balaban J connectivity index is 1.42. The molecule has 0 spiro atoms. The van der Waals surface area contributed by atoms with E-state index < -0.39 is 29.9 Å². The molecule has 0 saturated carbocycles. The summed E-state index contributed by atoms with van der Waals surface area (Å²) in [5, 5.41) is 14.4. The van der Waals surface area contributed by atoms with Gasteiger partial charge in [-0.2, -0.15) is 0 Å². The van der Waals surface area contributed by atoms with Crippen LogP contribution in [0.3, 0.4) is 0 Å². The average molecular weight is 473 g/mol. The van der Waals surface area contributed by atoms with Gasteiger partial charge < -0.3 is 20.5 Å². The molecule has 0 saturated heterocycles. The molecule has 1 aliphatic rings. The number of benzene rings is 3. The number of alkyl carbamates (subject to hydrolysis) is 1.